The maximum atomic E-state index is 10.2. The lowest BCUT2D eigenvalue weighted by Gasteiger charge is -2.33. The summed E-state index contributed by atoms with van der Waals surface area (Å²) in [5, 5.41) is 96.9. The second-order valence-corrected chi connectivity index (χ2v) is 7.78. The summed E-state index contributed by atoms with van der Waals surface area (Å²) in [6, 6.07) is 0. The molecule has 3 unspecified atom stereocenters. The molecule has 8 atom stereocenters. The number of hydrogen-bond donors (Lipinski definition) is 10. The van der Waals surface area contributed by atoms with Crippen LogP contribution in [0.15, 0.2) is 0 Å². The fraction of sp³-hybridized carbons (Fsp3) is 1.00. The Morgan fingerprint density at radius 1 is 0.529 bits per heavy atom. The van der Waals surface area contributed by atoms with E-state index in [1.165, 1.54) is 4.90 Å². The van der Waals surface area contributed by atoms with Gasteiger partial charge in [0.15, 0.2) is 0 Å². The predicted molar refractivity (Wildman–Crippen MR) is 117 cm³/mol. The van der Waals surface area contributed by atoms with Crippen molar-refractivity contribution in [1.29, 1.82) is 0 Å². The second-order valence-electron chi connectivity index (χ2n) is 7.78. The molecule has 0 aromatic carbocycles. The Hall–Kier alpha value is -0.560. The van der Waals surface area contributed by atoms with Gasteiger partial charge in [0.05, 0.1) is 58.5 Å². The first kappa shape index (κ1) is 33.4. The van der Waals surface area contributed by atoms with Gasteiger partial charge >= 0.3 is 0 Å². The van der Waals surface area contributed by atoms with Gasteiger partial charge in [-0.2, -0.15) is 0 Å². The van der Waals surface area contributed by atoms with E-state index in [-0.39, 0.29) is 32.8 Å². The van der Waals surface area contributed by atoms with Gasteiger partial charge < -0.3 is 65.3 Å². The molecule has 0 aliphatic carbocycles. The Balaban J connectivity index is 4.85. The summed E-state index contributed by atoms with van der Waals surface area (Å²) in [5.41, 5.74) is 0. The Morgan fingerprint density at radius 3 is 1.26 bits per heavy atom. The van der Waals surface area contributed by atoms with Crippen LogP contribution in [0.5, 0.6) is 0 Å². The van der Waals surface area contributed by atoms with Crippen molar-refractivity contribution in [2.24, 2.45) is 0 Å². The summed E-state index contributed by atoms with van der Waals surface area (Å²) in [5.74, 6) is 0. The van der Waals surface area contributed by atoms with Crippen LogP contribution < -0.4 is 0 Å². The third-order valence-corrected chi connectivity index (χ3v) is 5.04. The van der Waals surface area contributed by atoms with Crippen LogP contribution in [-0.2, 0) is 14.2 Å². The summed E-state index contributed by atoms with van der Waals surface area (Å²) in [6.45, 7) is 1.61. The SMILES string of the molecule is CCOCCOCCOCCN(C[C@H](O)C(O)C(O)[C@H](O)CO)C[C@H](O)[C@@H](O)C(O)[C@H](O)CO. The molecule has 0 fully saturated rings. The van der Waals surface area contributed by atoms with Gasteiger partial charge in [-0.3, -0.25) is 4.90 Å². The molecule has 0 spiro atoms. The van der Waals surface area contributed by atoms with E-state index in [9.17, 15) is 40.9 Å². The van der Waals surface area contributed by atoms with Crippen LogP contribution >= 0.6 is 0 Å². The topological polar surface area (TPSA) is 233 Å². The highest BCUT2D eigenvalue weighted by Gasteiger charge is 2.34. The van der Waals surface area contributed by atoms with E-state index in [0.717, 1.165) is 0 Å². The first-order chi connectivity index (χ1) is 16.1. The molecule has 14 nitrogen and oxygen atoms in total. The minimum atomic E-state index is -1.84. The van der Waals surface area contributed by atoms with Crippen LogP contribution in [-0.4, -0.2) is 177 Å². The van der Waals surface area contributed by atoms with E-state index in [1.807, 2.05) is 6.92 Å². The molecule has 0 aromatic heterocycles. The standard InChI is InChI=1S/C20H43NO13/c1-2-32-5-6-34-8-7-33-4-3-21(9-13(24)17(28)19(30)15(26)11-22)10-14(25)18(29)20(31)16(27)12-23/h13-20,22-31H,2-12H2,1H3/t13-,14-,15+,16+,17+,18?,19?,20?/m0/s1. The van der Waals surface area contributed by atoms with Gasteiger partial charge in [0.2, 0.25) is 0 Å². The molecule has 0 saturated carbocycles. The molecule has 0 heterocycles. The third-order valence-electron chi connectivity index (χ3n) is 5.04. The molecule has 34 heavy (non-hydrogen) atoms. The van der Waals surface area contributed by atoms with Gasteiger partial charge in [-0.25, -0.2) is 0 Å². The molecule has 0 saturated heterocycles. The Labute approximate surface area is 199 Å². The third kappa shape index (κ3) is 13.5. The van der Waals surface area contributed by atoms with Crippen molar-refractivity contribution in [2.45, 2.75) is 55.8 Å². The molecule has 0 aromatic rings. The molecule has 0 bridgehead atoms. The molecule has 0 aliphatic heterocycles. The minimum Gasteiger partial charge on any atom is -0.394 e. The summed E-state index contributed by atoms with van der Waals surface area (Å²) in [6.07, 6.45) is -14.0. The lowest BCUT2D eigenvalue weighted by Crippen LogP contribution is -2.53. The predicted octanol–water partition coefficient (Wildman–Crippen LogP) is -5.77. The van der Waals surface area contributed by atoms with Crippen molar-refractivity contribution in [3.05, 3.63) is 0 Å². The van der Waals surface area contributed by atoms with E-state index in [4.69, 9.17) is 24.4 Å². The Morgan fingerprint density at radius 2 is 0.882 bits per heavy atom. The molecule has 0 radical (unpaired) electrons. The van der Waals surface area contributed by atoms with Crippen molar-refractivity contribution in [3.8, 4) is 0 Å². The largest absolute Gasteiger partial charge is 0.394 e. The van der Waals surface area contributed by atoms with Gasteiger partial charge in [-0.15, -0.1) is 0 Å². The molecule has 0 aliphatic rings. The van der Waals surface area contributed by atoms with Crippen LogP contribution in [0.1, 0.15) is 6.92 Å². The van der Waals surface area contributed by atoms with Gasteiger partial charge in [-0.05, 0) is 6.92 Å². The fourth-order valence-corrected chi connectivity index (χ4v) is 2.91. The molecular formula is C20H43NO13. The molecule has 14 heteroatoms. The van der Waals surface area contributed by atoms with Gasteiger partial charge in [0.25, 0.3) is 0 Å². The molecule has 0 amide bonds. The number of nitrogens with zero attached hydrogens (tertiary/aromatic N) is 1. The minimum absolute atomic E-state index is 0.0732. The molecule has 206 valence electrons. The average molecular weight is 506 g/mol. The lowest BCUT2D eigenvalue weighted by atomic mass is 10.0. The van der Waals surface area contributed by atoms with E-state index in [1.54, 1.807) is 0 Å². The number of aliphatic hydroxyl groups excluding tert-OH is 10. The number of aliphatic hydroxyl groups is 10. The van der Waals surface area contributed by atoms with Crippen molar-refractivity contribution in [1.82, 2.24) is 4.90 Å². The lowest BCUT2D eigenvalue weighted by molar-refractivity contribution is -0.131. The monoisotopic (exact) mass is 505 g/mol. The maximum absolute atomic E-state index is 10.2. The van der Waals surface area contributed by atoms with E-state index in [2.05, 4.69) is 0 Å². The first-order valence-corrected chi connectivity index (χ1v) is 11.2. The van der Waals surface area contributed by atoms with Crippen LogP contribution in [0.2, 0.25) is 0 Å². The number of rotatable bonds is 22. The number of ether oxygens (including phenoxy) is 3. The van der Waals surface area contributed by atoms with Crippen molar-refractivity contribution in [2.75, 3.05) is 72.5 Å². The van der Waals surface area contributed by atoms with E-state index < -0.39 is 62.0 Å². The second kappa shape index (κ2) is 19.6. The Bertz CT molecular complexity index is 448. The smallest absolute Gasteiger partial charge is 0.111 e. The van der Waals surface area contributed by atoms with Crippen LogP contribution in [0.4, 0.5) is 0 Å². The van der Waals surface area contributed by atoms with Crippen molar-refractivity contribution < 1.29 is 65.3 Å². The maximum Gasteiger partial charge on any atom is 0.111 e. The Kier molecular flexibility index (Phi) is 19.3. The zero-order valence-corrected chi connectivity index (χ0v) is 19.5. The fourth-order valence-electron chi connectivity index (χ4n) is 2.91. The zero-order chi connectivity index (χ0) is 26.1. The first-order valence-electron chi connectivity index (χ1n) is 11.2. The number of hydrogen-bond acceptors (Lipinski definition) is 14. The highest BCUT2D eigenvalue weighted by atomic mass is 16.5. The quantitative estimate of drug-likeness (QED) is 0.0618. The van der Waals surface area contributed by atoms with Gasteiger partial charge in [-0.1, -0.05) is 0 Å². The summed E-state index contributed by atoms with van der Waals surface area (Å²) in [7, 11) is 0. The molecule has 10 N–H and O–H groups in total. The average Bonchev–Trinajstić information content (AvgIpc) is 2.84. The zero-order valence-electron chi connectivity index (χ0n) is 19.5. The highest BCUT2D eigenvalue weighted by Crippen LogP contribution is 2.10. The summed E-state index contributed by atoms with van der Waals surface area (Å²) >= 11 is 0. The van der Waals surface area contributed by atoms with Crippen LogP contribution in [0.3, 0.4) is 0 Å². The normalized spacial score (nSPS) is 19.4. The van der Waals surface area contributed by atoms with Gasteiger partial charge in [0, 0.05) is 26.2 Å². The van der Waals surface area contributed by atoms with Crippen LogP contribution in [0.25, 0.3) is 0 Å². The van der Waals surface area contributed by atoms with Crippen molar-refractivity contribution in [3.63, 3.8) is 0 Å². The van der Waals surface area contributed by atoms with Gasteiger partial charge in [0.1, 0.15) is 36.6 Å². The summed E-state index contributed by atoms with van der Waals surface area (Å²) in [4.78, 5) is 1.35. The van der Waals surface area contributed by atoms with E-state index in [0.29, 0.717) is 26.4 Å². The molecule has 0 rings (SSSR count). The van der Waals surface area contributed by atoms with Crippen LogP contribution in [0, 0.1) is 0 Å². The molecular weight excluding hydrogens is 462 g/mol. The summed E-state index contributed by atoms with van der Waals surface area (Å²) < 4.78 is 15.8. The van der Waals surface area contributed by atoms with E-state index >= 15 is 0 Å². The van der Waals surface area contributed by atoms with Crippen molar-refractivity contribution >= 4 is 0 Å². The highest BCUT2D eigenvalue weighted by molar-refractivity contribution is 4.86.